The maximum atomic E-state index is 13.1. The minimum absolute atomic E-state index is 0.0354. The van der Waals surface area contributed by atoms with Gasteiger partial charge in [-0.3, -0.25) is 9.59 Å². The number of allylic oxidation sites excluding steroid dienone is 10. The SMILES string of the molecule is CC/C=C/C/C=C/C/C=C/C/C=C/CCCC(CC(=O)NC(CO)C(O)CCCCCCCCCCCCCC)OC(=O)CCCCCCC/C=C\CCCCC. The molecular formula is C51H91NO5. The van der Waals surface area contributed by atoms with E-state index in [0.717, 1.165) is 83.5 Å². The van der Waals surface area contributed by atoms with Crippen molar-refractivity contribution in [3.63, 3.8) is 0 Å². The van der Waals surface area contributed by atoms with E-state index in [2.05, 4.69) is 86.8 Å². The number of rotatable bonds is 42. The third-order valence-electron chi connectivity index (χ3n) is 10.6. The van der Waals surface area contributed by atoms with Gasteiger partial charge in [-0.25, -0.2) is 0 Å². The molecule has 0 aromatic rings. The van der Waals surface area contributed by atoms with E-state index >= 15 is 0 Å². The number of nitrogens with one attached hydrogen (secondary N) is 1. The number of carbonyl (C=O) groups excluding carboxylic acids is 2. The van der Waals surface area contributed by atoms with Gasteiger partial charge in [-0.05, 0) is 83.5 Å². The highest BCUT2D eigenvalue weighted by atomic mass is 16.5. The van der Waals surface area contributed by atoms with Crippen LogP contribution in [0.5, 0.6) is 0 Å². The topological polar surface area (TPSA) is 95.9 Å². The second-order valence-corrected chi connectivity index (χ2v) is 16.1. The predicted octanol–water partition coefficient (Wildman–Crippen LogP) is 14.1. The summed E-state index contributed by atoms with van der Waals surface area (Å²) in [5.41, 5.74) is 0. The van der Waals surface area contributed by atoms with Crippen LogP contribution in [0.3, 0.4) is 0 Å². The Bertz CT molecular complexity index is 1030. The Morgan fingerprint density at radius 2 is 0.965 bits per heavy atom. The molecule has 0 saturated carbocycles. The van der Waals surface area contributed by atoms with Crippen LogP contribution in [0.2, 0.25) is 0 Å². The molecule has 3 unspecified atom stereocenters. The molecule has 0 spiro atoms. The Kier molecular flexibility index (Phi) is 42.7. The fraction of sp³-hybridized carbons (Fsp3) is 0.765. The fourth-order valence-corrected chi connectivity index (χ4v) is 6.95. The molecule has 330 valence electrons. The van der Waals surface area contributed by atoms with Gasteiger partial charge in [0.05, 0.1) is 25.2 Å². The molecule has 0 aliphatic carbocycles. The van der Waals surface area contributed by atoms with Crippen molar-refractivity contribution >= 4 is 11.9 Å². The second-order valence-electron chi connectivity index (χ2n) is 16.1. The second kappa shape index (κ2) is 44.7. The molecule has 3 N–H and O–H groups in total. The molecule has 0 aromatic heterocycles. The first-order valence-corrected chi connectivity index (χ1v) is 24.0. The normalized spacial score (nSPS) is 13.8. The lowest BCUT2D eigenvalue weighted by Gasteiger charge is -2.24. The molecule has 0 radical (unpaired) electrons. The smallest absolute Gasteiger partial charge is 0.306 e. The number of ether oxygens (including phenoxy) is 1. The number of amides is 1. The van der Waals surface area contributed by atoms with Crippen molar-refractivity contribution in [2.24, 2.45) is 0 Å². The van der Waals surface area contributed by atoms with E-state index in [1.807, 2.05) is 0 Å². The summed E-state index contributed by atoms with van der Waals surface area (Å²) >= 11 is 0. The zero-order valence-electron chi connectivity index (χ0n) is 37.5. The van der Waals surface area contributed by atoms with E-state index in [1.54, 1.807) is 0 Å². The monoisotopic (exact) mass is 798 g/mol. The van der Waals surface area contributed by atoms with E-state index < -0.39 is 18.2 Å². The van der Waals surface area contributed by atoms with Crippen LogP contribution in [0.25, 0.3) is 0 Å². The molecule has 6 heteroatoms. The molecule has 0 bridgehead atoms. The van der Waals surface area contributed by atoms with Crippen LogP contribution in [0.4, 0.5) is 0 Å². The van der Waals surface area contributed by atoms with Gasteiger partial charge >= 0.3 is 5.97 Å². The van der Waals surface area contributed by atoms with Gasteiger partial charge in [0.1, 0.15) is 6.10 Å². The highest BCUT2D eigenvalue weighted by Crippen LogP contribution is 2.16. The van der Waals surface area contributed by atoms with Crippen LogP contribution in [0, 0.1) is 0 Å². The van der Waals surface area contributed by atoms with E-state index in [-0.39, 0.29) is 24.9 Å². The lowest BCUT2D eigenvalue weighted by Crippen LogP contribution is -2.46. The molecule has 0 fully saturated rings. The van der Waals surface area contributed by atoms with Crippen LogP contribution in [-0.4, -0.2) is 46.9 Å². The van der Waals surface area contributed by atoms with Crippen LogP contribution < -0.4 is 5.32 Å². The van der Waals surface area contributed by atoms with Crippen molar-refractivity contribution in [2.45, 2.75) is 244 Å². The summed E-state index contributed by atoms with van der Waals surface area (Å²) in [5, 5.41) is 23.7. The minimum Gasteiger partial charge on any atom is -0.462 e. The molecule has 0 aliphatic heterocycles. The van der Waals surface area contributed by atoms with Crippen LogP contribution >= 0.6 is 0 Å². The molecule has 0 aromatic carbocycles. The van der Waals surface area contributed by atoms with Gasteiger partial charge < -0.3 is 20.3 Å². The van der Waals surface area contributed by atoms with Gasteiger partial charge in [0.2, 0.25) is 5.91 Å². The summed E-state index contributed by atoms with van der Waals surface area (Å²) in [5.74, 6) is -0.541. The van der Waals surface area contributed by atoms with E-state index in [9.17, 15) is 19.8 Å². The maximum absolute atomic E-state index is 13.1. The summed E-state index contributed by atoms with van der Waals surface area (Å²) in [7, 11) is 0. The van der Waals surface area contributed by atoms with Crippen molar-refractivity contribution in [3.05, 3.63) is 60.8 Å². The number of hydrogen-bond acceptors (Lipinski definition) is 5. The van der Waals surface area contributed by atoms with Gasteiger partial charge in [-0.15, -0.1) is 0 Å². The van der Waals surface area contributed by atoms with Gasteiger partial charge in [0, 0.05) is 6.42 Å². The summed E-state index contributed by atoms with van der Waals surface area (Å²) in [6, 6.07) is -0.720. The van der Waals surface area contributed by atoms with E-state index in [0.29, 0.717) is 19.3 Å². The van der Waals surface area contributed by atoms with Crippen LogP contribution in [0.1, 0.15) is 226 Å². The number of hydrogen-bond donors (Lipinski definition) is 3. The van der Waals surface area contributed by atoms with Crippen LogP contribution in [0.15, 0.2) is 60.8 Å². The van der Waals surface area contributed by atoms with Crippen molar-refractivity contribution in [1.29, 1.82) is 0 Å². The van der Waals surface area contributed by atoms with E-state index in [4.69, 9.17) is 4.74 Å². The first-order valence-electron chi connectivity index (χ1n) is 24.0. The lowest BCUT2D eigenvalue weighted by molar-refractivity contribution is -0.151. The standard InChI is InChI=1S/C51H91NO5/c1-4-7-10-13-16-19-22-25-26-27-30-33-36-39-42-47(57-51(56)44-41-38-35-32-29-24-21-18-15-12-9-6-3)45-50(55)52-48(46-53)49(54)43-40-37-34-31-28-23-20-17-14-11-8-5-2/h7,10,16,18-19,21,25-26,30,33,47-49,53-54H,4-6,8-9,11-15,17,20,22-24,27-29,31-32,34-46H2,1-3H3,(H,52,55)/b10-7+,19-16+,21-18-,26-25+,33-30+. The Labute approximate surface area is 352 Å². The Balaban J connectivity index is 4.70. The summed E-state index contributed by atoms with van der Waals surface area (Å²) in [4.78, 5) is 26.0. The number of unbranched alkanes of at least 4 members (excludes halogenated alkanes) is 20. The summed E-state index contributed by atoms with van der Waals surface area (Å²) in [6.07, 6.45) is 54.2. The zero-order valence-corrected chi connectivity index (χ0v) is 37.5. The molecule has 0 saturated heterocycles. The van der Waals surface area contributed by atoms with Crippen molar-refractivity contribution in [3.8, 4) is 0 Å². The molecule has 0 aliphatic rings. The highest BCUT2D eigenvalue weighted by molar-refractivity contribution is 5.77. The van der Waals surface area contributed by atoms with Crippen molar-refractivity contribution < 1.29 is 24.5 Å². The Hall–Kier alpha value is -2.44. The minimum atomic E-state index is -0.803. The molecule has 0 heterocycles. The summed E-state index contributed by atoms with van der Waals surface area (Å²) < 4.78 is 5.88. The molecule has 6 nitrogen and oxygen atoms in total. The van der Waals surface area contributed by atoms with Gasteiger partial charge in [0.25, 0.3) is 0 Å². The van der Waals surface area contributed by atoms with Gasteiger partial charge in [-0.2, -0.15) is 0 Å². The molecular weight excluding hydrogens is 707 g/mol. The number of carbonyl (C=O) groups is 2. The Morgan fingerprint density at radius 3 is 1.53 bits per heavy atom. The molecule has 1 amide bonds. The third-order valence-corrected chi connectivity index (χ3v) is 10.6. The first kappa shape index (κ1) is 54.6. The average molecular weight is 798 g/mol. The summed E-state index contributed by atoms with van der Waals surface area (Å²) in [6.45, 7) is 6.31. The Morgan fingerprint density at radius 1 is 0.526 bits per heavy atom. The molecule has 57 heavy (non-hydrogen) atoms. The third kappa shape index (κ3) is 40.1. The first-order chi connectivity index (χ1) is 28.0. The van der Waals surface area contributed by atoms with Crippen molar-refractivity contribution in [2.75, 3.05) is 6.61 Å². The average Bonchev–Trinajstić information content (AvgIpc) is 3.20. The molecule has 0 rings (SSSR count). The fourth-order valence-electron chi connectivity index (χ4n) is 6.95. The zero-order chi connectivity index (χ0) is 41.7. The highest BCUT2D eigenvalue weighted by Gasteiger charge is 2.24. The predicted molar refractivity (Wildman–Crippen MR) is 245 cm³/mol. The lowest BCUT2D eigenvalue weighted by atomic mass is 10.0. The maximum Gasteiger partial charge on any atom is 0.306 e. The largest absolute Gasteiger partial charge is 0.462 e. The quantitative estimate of drug-likeness (QED) is 0.0325. The van der Waals surface area contributed by atoms with Crippen molar-refractivity contribution in [1.82, 2.24) is 5.32 Å². The van der Waals surface area contributed by atoms with E-state index in [1.165, 1.54) is 96.3 Å². The number of aliphatic hydroxyl groups is 2. The van der Waals surface area contributed by atoms with Gasteiger partial charge in [-0.1, -0.05) is 191 Å². The molecule has 3 atom stereocenters. The number of esters is 1. The van der Waals surface area contributed by atoms with Crippen LogP contribution in [-0.2, 0) is 14.3 Å². The number of aliphatic hydroxyl groups excluding tert-OH is 2. The van der Waals surface area contributed by atoms with Gasteiger partial charge in [0.15, 0.2) is 0 Å².